The molecule has 1 heterocycles. The number of nitrogens with zero attached hydrogens (tertiary/aromatic N) is 2. The molecule has 0 atom stereocenters. The summed E-state index contributed by atoms with van der Waals surface area (Å²) in [5.41, 5.74) is 3.79. The summed E-state index contributed by atoms with van der Waals surface area (Å²) < 4.78 is 9.17. The smallest absolute Gasteiger partial charge is 0.251 e. The van der Waals surface area contributed by atoms with Crippen molar-refractivity contribution >= 4 is 32.9 Å². The Labute approximate surface area is 208 Å². The molecule has 4 aromatic rings. The van der Waals surface area contributed by atoms with E-state index in [1.165, 1.54) is 0 Å². The maximum atomic E-state index is 12.6. The van der Waals surface area contributed by atoms with E-state index >= 15 is 0 Å². The number of halogens is 1. The normalized spacial score (nSPS) is 10.9. The molecule has 0 aliphatic carbocycles. The van der Waals surface area contributed by atoms with Gasteiger partial charge in [0.2, 0.25) is 0 Å². The number of carbonyl (C=O) groups excluding carboxylic acids is 1. The van der Waals surface area contributed by atoms with E-state index in [-0.39, 0.29) is 5.91 Å². The number of nitrogens with one attached hydrogen (secondary N) is 1. The number of imidazole rings is 1. The molecule has 1 amide bonds. The molecule has 3 aromatic carbocycles. The predicted octanol–water partition coefficient (Wildman–Crippen LogP) is 6.32. The second-order valence-electron chi connectivity index (χ2n) is 8.01. The molecule has 0 saturated carbocycles. The van der Waals surface area contributed by atoms with Crippen LogP contribution in [0, 0.1) is 0 Å². The summed E-state index contributed by atoms with van der Waals surface area (Å²) in [6.45, 7) is 5.65. The van der Waals surface area contributed by atoms with Gasteiger partial charge in [0.05, 0.1) is 24.2 Å². The summed E-state index contributed by atoms with van der Waals surface area (Å²) >= 11 is 3.40. The Bertz CT molecular complexity index is 1260. The number of aryl methyl sites for hydroxylation is 1. The molecular weight excluding hydrogens is 490 g/mol. The topological polar surface area (TPSA) is 56.1 Å². The lowest BCUT2D eigenvalue weighted by Gasteiger charge is -2.12. The fourth-order valence-electron chi connectivity index (χ4n) is 3.90. The molecule has 34 heavy (non-hydrogen) atoms. The number of amides is 1. The first-order valence-corrected chi connectivity index (χ1v) is 12.2. The standard InChI is InChI=1S/C28H28BrN3O2/c1-2-9-21-10-3-6-13-26(21)34-19-8-7-18-32-25-12-5-4-11-24(25)31-27(32)20-30-28(33)22-14-16-23(29)17-15-22/h2-6,10-17H,1,7-9,18-20H2,(H,30,33). The molecule has 4 rings (SSSR count). The highest BCUT2D eigenvalue weighted by molar-refractivity contribution is 9.10. The number of aromatic nitrogens is 2. The van der Waals surface area contributed by atoms with Gasteiger partial charge >= 0.3 is 0 Å². The Morgan fingerprint density at radius 3 is 2.62 bits per heavy atom. The van der Waals surface area contributed by atoms with Gasteiger partial charge < -0.3 is 14.6 Å². The number of benzene rings is 3. The van der Waals surface area contributed by atoms with Crippen LogP contribution in [0.15, 0.2) is 89.9 Å². The van der Waals surface area contributed by atoms with Gasteiger partial charge in [-0.05, 0) is 67.3 Å². The van der Waals surface area contributed by atoms with Gasteiger partial charge in [0.1, 0.15) is 11.6 Å². The molecule has 1 N–H and O–H groups in total. The first-order chi connectivity index (χ1) is 16.7. The van der Waals surface area contributed by atoms with E-state index in [9.17, 15) is 4.79 Å². The van der Waals surface area contributed by atoms with Crippen molar-refractivity contribution in [2.45, 2.75) is 32.4 Å². The van der Waals surface area contributed by atoms with Gasteiger partial charge in [-0.1, -0.05) is 52.3 Å². The minimum atomic E-state index is -0.113. The van der Waals surface area contributed by atoms with Gasteiger partial charge in [0, 0.05) is 16.6 Å². The average molecular weight is 518 g/mol. The molecule has 6 heteroatoms. The van der Waals surface area contributed by atoms with Crippen LogP contribution in [0.5, 0.6) is 5.75 Å². The molecule has 1 aromatic heterocycles. The summed E-state index contributed by atoms with van der Waals surface area (Å²) in [5, 5.41) is 3.01. The second kappa shape index (κ2) is 11.7. The number of unbranched alkanes of at least 4 members (excludes halogenated alkanes) is 1. The van der Waals surface area contributed by atoms with Gasteiger partial charge in [-0.25, -0.2) is 4.98 Å². The van der Waals surface area contributed by atoms with Crippen molar-refractivity contribution in [2.75, 3.05) is 6.61 Å². The van der Waals surface area contributed by atoms with Crippen LogP contribution in [0.4, 0.5) is 0 Å². The Morgan fingerprint density at radius 2 is 1.79 bits per heavy atom. The van der Waals surface area contributed by atoms with Gasteiger partial charge in [0.15, 0.2) is 0 Å². The zero-order valence-electron chi connectivity index (χ0n) is 19.0. The molecule has 0 aliphatic heterocycles. The molecule has 0 spiro atoms. The number of rotatable bonds is 11. The number of allylic oxidation sites excluding steroid dienone is 1. The van der Waals surface area contributed by atoms with E-state index < -0.39 is 0 Å². The zero-order chi connectivity index (χ0) is 23.8. The molecule has 0 bridgehead atoms. The third-order valence-corrected chi connectivity index (χ3v) is 6.15. The maximum absolute atomic E-state index is 12.6. The number of hydrogen-bond acceptors (Lipinski definition) is 3. The van der Waals surface area contributed by atoms with Crippen LogP contribution in [0.25, 0.3) is 11.0 Å². The van der Waals surface area contributed by atoms with Crippen LogP contribution in [-0.4, -0.2) is 22.1 Å². The molecule has 174 valence electrons. The van der Waals surface area contributed by atoms with Gasteiger partial charge in [0.25, 0.3) is 5.91 Å². The first kappa shape index (κ1) is 23.8. The van der Waals surface area contributed by atoms with Crippen molar-refractivity contribution in [1.29, 1.82) is 0 Å². The van der Waals surface area contributed by atoms with Crippen molar-refractivity contribution in [2.24, 2.45) is 0 Å². The molecule has 0 saturated heterocycles. The van der Waals surface area contributed by atoms with Crippen LogP contribution in [-0.2, 0) is 19.5 Å². The Morgan fingerprint density at radius 1 is 1.03 bits per heavy atom. The molecular formula is C28H28BrN3O2. The van der Waals surface area contributed by atoms with Gasteiger partial charge in [-0.15, -0.1) is 6.58 Å². The number of hydrogen-bond donors (Lipinski definition) is 1. The van der Waals surface area contributed by atoms with Gasteiger partial charge in [-0.2, -0.15) is 0 Å². The van der Waals surface area contributed by atoms with Crippen molar-refractivity contribution in [1.82, 2.24) is 14.9 Å². The number of ether oxygens (including phenoxy) is 1. The summed E-state index contributed by atoms with van der Waals surface area (Å²) in [4.78, 5) is 17.3. The van der Waals surface area contributed by atoms with E-state index in [4.69, 9.17) is 9.72 Å². The van der Waals surface area contributed by atoms with Crippen LogP contribution in [0.2, 0.25) is 0 Å². The van der Waals surface area contributed by atoms with Crippen LogP contribution < -0.4 is 10.1 Å². The van der Waals surface area contributed by atoms with Crippen molar-refractivity contribution < 1.29 is 9.53 Å². The predicted molar refractivity (Wildman–Crippen MR) is 140 cm³/mol. The highest BCUT2D eigenvalue weighted by Gasteiger charge is 2.12. The molecule has 0 radical (unpaired) electrons. The minimum absolute atomic E-state index is 0.113. The largest absolute Gasteiger partial charge is 0.493 e. The highest BCUT2D eigenvalue weighted by Crippen LogP contribution is 2.20. The number of carbonyl (C=O) groups is 1. The summed E-state index contributed by atoms with van der Waals surface area (Å²) in [6.07, 6.45) is 4.55. The lowest BCUT2D eigenvalue weighted by molar-refractivity contribution is 0.0949. The monoisotopic (exact) mass is 517 g/mol. The van der Waals surface area contributed by atoms with E-state index in [0.29, 0.717) is 18.7 Å². The Kier molecular flexibility index (Phi) is 8.15. The molecule has 5 nitrogen and oxygen atoms in total. The van der Waals surface area contributed by atoms with Gasteiger partial charge in [-0.3, -0.25) is 4.79 Å². The molecule has 0 aliphatic rings. The van der Waals surface area contributed by atoms with Crippen molar-refractivity contribution in [3.8, 4) is 5.75 Å². The lowest BCUT2D eigenvalue weighted by Crippen LogP contribution is -2.24. The van der Waals surface area contributed by atoms with Crippen LogP contribution in [0.3, 0.4) is 0 Å². The number of fused-ring (bicyclic) bond motifs is 1. The SMILES string of the molecule is C=CCc1ccccc1OCCCCn1c(CNC(=O)c2ccc(Br)cc2)nc2ccccc21. The van der Waals surface area contributed by atoms with Crippen LogP contribution >= 0.6 is 15.9 Å². The Balaban J connectivity index is 1.37. The first-order valence-electron chi connectivity index (χ1n) is 11.4. The average Bonchev–Trinajstić information content (AvgIpc) is 3.21. The zero-order valence-corrected chi connectivity index (χ0v) is 20.6. The van der Waals surface area contributed by atoms with Crippen LogP contribution in [0.1, 0.15) is 34.6 Å². The van der Waals surface area contributed by atoms with Crippen molar-refractivity contribution in [3.05, 3.63) is 107 Å². The lowest BCUT2D eigenvalue weighted by atomic mass is 10.1. The fraction of sp³-hybridized carbons (Fsp3) is 0.214. The summed E-state index contributed by atoms with van der Waals surface area (Å²) in [6, 6.07) is 23.5. The van der Waals surface area contributed by atoms with E-state index in [1.807, 2.05) is 54.6 Å². The molecule has 0 fully saturated rings. The van der Waals surface area contributed by atoms with E-state index in [1.54, 1.807) is 12.1 Å². The maximum Gasteiger partial charge on any atom is 0.251 e. The number of para-hydroxylation sites is 3. The molecule has 0 unspecified atom stereocenters. The fourth-order valence-corrected chi connectivity index (χ4v) is 4.16. The van der Waals surface area contributed by atoms with E-state index in [2.05, 4.69) is 44.5 Å². The summed E-state index contributed by atoms with van der Waals surface area (Å²) in [7, 11) is 0. The minimum Gasteiger partial charge on any atom is -0.493 e. The Hall–Kier alpha value is -3.38. The second-order valence-corrected chi connectivity index (χ2v) is 8.93. The third kappa shape index (κ3) is 5.94. The van der Waals surface area contributed by atoms with Crippen molar-refractivity contribution in [3.63, 3.8) is 0 Å². The summed E-state index contributed by atoms with van der Waals surface area (Å²) in [5.74, 6) is 1.66. The quantitative estimate of drug-likeness (QED) is 0.187. The third-order valence-electron chi connectivity index (χ3n) is 5.62. The highest BCUT2D eigenvalue weighted by atomic mass is 79.9. The van der Waals surface area contributed by atoms with E-state index in [0.717, 1.165) is 58.5 Å².